The third kappa shape index (κ3) is 2.25. The van der Waals surface area contributed by atoms with Gasteiger partial charge in [0.05, 0.1) is 6.20 Å². The zero-order chi connectivity index (χ0) is 11.5. The van der Waals surface area contributed by atoms with E-state index in [1.54, 1.807) is 6.07 Å². The van der Waals surface area contributed by atoms with Crippen LogP contribution in [-0.4, -0.2) is 20.5 Å². The molecule has 2 aromatic rings. The quantitative estimate of drug-likeness (QED) is 0.826. The molecule has 2 rings (SSSR count). The summed E-state index contributed by atoms with van der Waals surface area (Å²) in [6.45, 7) is 1.88. The summed E-state index contributed by atoms with van der Waals surface area (Å²) in [6.07, 6.45) is 1.02. The molecule has 1 aromatic carbocycles. The van der Waals surface area contributed by atoms with Gasteiger partial charge in [-0.3, -0.25) is 0 Å². The van der Waals surface area contributed by atoms with E-state index in [9.17, 15) is 9.50 Å². The van der Waals surface area contributed by atoms with Gasteiger partial charge in [-0.15, -0.1) is 0 Å². The summed E-state index contributed by atoms with van der Waals surface area (Å²) in [6, 6.07) is 4.53. The van der Waals surface area contributed by atoms with Crippen LogP contribution in [-0.2, 0) is 6.42 Å². The van der Waals surface area contributed by atoms with Gasteiger partial charge in [0.15, 0.2) is 0 Å². The summed E-state index contributed by atoms with van der Waals surface area (Å²) < 4.78 is 13.0. The van der Waals surface area contributed by atoms with Crippen molar-refractivity contribution in [2.24, 2.45) is 0 Å². The Kier molecular flexibility index (Phi) is 2.96. The van der Waals surface area contributed by atoms with Gasteiger partial charge in [-0.05, 0) is 30.2 Å². The van der Waals surface area contributed by atoms with Crippen molar-refractivity contribution in [2.75, 3.05) is 0 Å². The summed E-state index contributed by atoms with van der Waals surface area (Å²) in [7, 11) is 0. The first-order valence-corrected chi connectivity index (χ1v) is 4.95. The maximum atomic E-state index is 13.0. The third-order valence-electron chi connectivity index (χ3n) is 2.50. The second kappa shape index (κ2) is 4.40. The minimum Gasteiger partial charge on any atom is -0.386 e. The molecule has 1 atom stereocenters. The van der Waals surface area contributed by atoms with E-state index >= 15 is 0 Å². The number of aryl methyl sites for hydroxylation is 1. The highest BCUT2D eigenvalue weighted by atomic mass is 19.1. The first-order valence-electron chi connectivity index (χ1n) is 4.95. The fraction of sp³-hybridized carbons (Fsp3) is 0.273. The summed E-state index contributed by atoms with van der Waals surface area (Å²) in [5.74, 6) is -0.298. The lowest BCUT2D eigenvalue weighted by Crippen LogP contribution is -2.04. The molecule has 0 saturated heterocycles. The van der Waals surface area contributed by atoms with E-state index in [1.807, 2.05) is 6.92 Å². The van der Waals surface area contributed by atoms with Gasteiger partial charge in [0.25, 0.3) is 0 Å². The number of aromatic nitrogens is 3. The van der Waals surface area contributed by atoms with Crippen LogP contribution in [0.25, 0.3) is 0 Å². The van der Waals surface area contributed by atoms with Crippen LogP contribution in [0.1, 0.15) is 22.9 Å². The first-order chi connectivity index (χ1) is 7.66. The largest absolute Gasteiger partial charge is 0.386 e. The molecule has 1 unspecified atom stereocenters. The minimum absolute atomic E-state index is 0.298. The summed E-state index contributed by atoms with van der Waals surface area (Å²) in [5.41, 5.74) is 2.18. The molecule has 0 radical (unpaired) electrons. The summed E-state index contributed by atoms with van der Waals surface area (Å²) in [4.78, 5) is 0. The maximum absolute atomic E-state index is 13.0. The van der Waals surface area contributed by atoms with Crippen LogP contribution in [0.5, 0.6) is 0 Å². The Hall–Kier alpha value is -1.75. The number of halogens is 1. The van der Waals surface area contributed by atoms with Crippen LogP contribution in [0.15, 0.2) is 24.4 Å². The highest BCUT2D eigenvalue weighted by Gasteiger charge is 2.13. The van der Waals surface area contributed by atoms with Gasteiger partial charge in [0.2, 0.25) is 0 Å². The van der Waals surface area contributed by atoms with Crippen molar-refractivity contribution in [3.05, 3.63) is 47.0 Å². The molecule has 84 valence electrons. The van der Waals surface area contributed by atoms with Gasteiger partial charge in [-0.1, -0.05) is 6.07 Å². The van der Waals surface area contributed by atoms with Crippen molar-refractivity contribution < 1.29 is 9.50 Å². The van der Waals surface area contributed by atoms with E-state index in [2.05, 4.69) is 15.4 Å². The molecule has 1 heterocycles. The molecule has 0 saturated carbocycles. The first kappa shape index (κ1) is 10.8. The SMILES string of the molecule is Cc1ccc(F)cc1CC(O)c1cn[nH]n1. The highest BCUT2D eigenvalue weighted by molar-refractivity contribution is 5.27. The number of nitrogens with zero attached hydrogens (tertiary/aromatic N) is 2. The lowest BCUT2D eigenvalue weighted by Gasteiger charge is -2.09. The molecule has 2 N–H and O–H groups in total. The standard InChI is InChI=1S/C11H12FN3O/c1-7-2-3-9(12)4-8(7)5-11(16)10-6-13-15-14-10/h2-4,6,11,16H,5H2,1H3,(H,13,14,15). The average Bonchev–Trinajstić information content (AvgIpc) is 2.76. The minimum atomic E-state index is -0.765. The molecule has 16 heavy (non-hydrogen) atoms. The number of aliphatic hydroxyl groups excluding tert-OH is 1. The second-order valence-electron chi connectivity index (χ2n) is 3.69. The molecular formula is C11H12FN3O. The van der Waals surface area contributed by atoms with Gasteiger partial charge in [-0.25, -0.2) is 4.39 Å². The predicted octanol–water partition coefficient (Wildman–Crippen LogP) is 1.53. The van der Waals surface area contributed by atoms with Crippen LogP contribution >= 0.6 is 0 Å². The molecule has 0 aliphatic heterocycles. The Labute approximate surface area is 92.1 Å². The van der Waals surface area contributed by atoms with Gasteiger partial charge >= 0.3 is 0 Å². The van der Waals surface area contributed by atoms with Crippen molar-refractivity contribution in [1.82, 2.24) is 15.4 Å². The van der Waals surface area contributed by atoms with Crippen molar-refractivity contribution in [1.29, 1.82) is 0 Å². The summed E-state index contributed by atoms with van der Waals surface area (Å²) >= 11 is 0. The maximum Gasteiger partial charge on any atom is 0.123 e. The van der Waals surface area contributed by atoms with Crippen LogP contribution < -0.4 is 0 Å². The number of H-pyrrole nitrogens is 1. The van der Waals surface area contributed by atoms with Crippen LogP contribution in [0.2, 0.25) is 0 Å². The molecule has 0 amide bonds. The number of hydrogen-bond donors (Lipinski definition) is 2. The fourth-order valence-electron chi connectivity index (χ4n) is 1.54. The topological polar surface area (TPSA) is 61.8 Å². The van der Waals surface area contributed by atoms with E-state index in [0.29, 0.717) is 12.1 Å². The number of benzene rings is 1. The Bertz CT molecular complexity index is 470. The Morgan fingerprint density at radius 2 is 2.31 bits per heavy atom. The molecule has 0 bridgehead atoms. The number of aliphatic hydroxyl groups is 1. The Balaban J connectivity index is 2.17. The highest BCUT2D eigenvalue weighted by Crippen LogP contribution is 2.18. The van der Waals surface area contributed by atoms with Crippen molar-refractivity contribution in [3.63, 3.8) is 0 Å². The number of aromatic amines is 1. The fourth-order valence-corrected chi connectivity index (χ4v) is 1.54. The third-order valence-corrected chi connectivity index (χ3v) is 2.50. The average molecular weight is 221 g/mol. The van der Waals surface area contributed by atoms with Gasteiger partial charge in [-0.2, -0.15) is 15.4 Å². The van der Waals surface area contributed by atoms with E-state index in [4.69, 9.17) is 0 Å². The lowest BCUT2D eigenvalue weighted by atomic mass is 10.0. The van der Waals surface area contributed by atoms with E-state index in [-0.39, 0.29) is 5.82 Å². The Morgan fingerprint density at radius 3 is 3.00 bits per heavy atom. The molecule has 0 fully saturated rings. The smallest absolute Gasteiger partial charge is 0.123 e. The number of nitrogens with one attached hydrogen (secondary N) is 1. The van der Waals surface area contributed by atoms with Crippen molar-refractivity contribution in [3.8, 4) is 0 Å². The van der Waals surface area contributed by atoms with Crippen molar-refractivity contribution in [2.45, 2.75) is 19.4 Å². The molecule has 5 heteroatoms. The van der Waals surface area contributed by atoms with Gasteiger partial charge in [0, 0.05) is 6.42 Å². The molecule has 0 aliphatic carbocycles. The molecular weight excluding hydrogens is 209 g/mol. The second-order valence-corrected chi connectivity index (χ2v) is 3.69. The molecule has 1 aromatic heterocycles. The van der Waals surface area contributed by atoms with Gasteiger partial charge in [0.1, 0.15) is 17.6 Å². The normalized spacial score (nSPS) is 12.7. The summed E-state index contributed by atoms with van der Waals surface area (Å²) in [5, 5.41) is 19.7. The zero-order valence-electron chi connectivity index (χ0n) is 8.81. The molecule has 4 nitrogen and oxygen atoms in total. The van der Waals surface area contributed by atoms with Crippen LogP contribution in [0.3, 0.4) is 0 Å². The van der Waals surface area contributed by atoms with Crippen LogP contribution in [0, 0.1) is 12.7 Å². The number of hydrogen-bond acceptors (Lipinski definition) is 3. The molecule has 0 aliphatic rings. The lowest BCUT2D eigenvalue weighted by molar-refractivity contribution is 0.173. The van der Waals surface area contributed by atoms with E-state index < -0.39 is 6.10 Å². The number of rotatable bonds is 3. The van der Waals surface area contributed by atoms with Crippen LogP contribution in [0.4, 0.5) is 4.39 Å². The predicted molar refractivity (Wildman–Crippen MR) is 56.2 cm³/mol. The monoisotopic (exact) mass is 221 g/mol. The Morgan fingerprint density at radius 1 is 1.50 bits per heavy atom. The molecule has 0 spiro atoms. The van der Waals surface area contributed by atoms with E-state index in [1.165, 1.54) is 18.3 Å². The zero-order valence-corrected chi connectivity index (χ0v) is 8.81. The van der Waals surface area contributed by atoms with E-state index in [0.717, 1.165) is 11.1 Å². The van der Waals surface area contributed by atoms with Gasteiger partial charge < -0.3 is 5.11 Å². The van der Waals surface area contributed by atoms with Crippen molar-refractivity contribution >= 4 is 0 Å².